The fraction of sp³-hybridized carbons (Fsp3) is 0.111. The third kappa shape index (κ3) is 3.75. The van der Waals surface area contributed by atoms with E-state index >= 15 is 0 Å². The smallest absolute Gasteiger partial charge is 0.349 e. The molecule has 1 aromatic heterocycles. The third-order valence-corrected chi connectivity index (χ3v) is 3.61. The molecule has 3 aromatic rings. The van der Waals surface area contributed by atoms with Crippen molar-refractivity contribution in [1.82, 2.24) is 5.32 Å². The number of rotatable bonds is 5. The Morgan fingerprint density at radius 2 is 1.88 bits per heavy atom. The summed E-state index contributed by atoms with van der Waals surface area (Å²) < 4.78 is 10.6. The van der Waals surface area contributed by atoms with Gasteiger partial charge in [0.15, 0.2) is 0 Å². The zero-order valence-corrected chi connectivity index (χ0v) is 13.4. The molecule has 3 rings (SSSR count). The van der Waals surface area contributed by atoms with E-state index in [1.54, 1.807) is 42.5 Å². The molecule has 5 nitrogen and oxygen atoms in total. The first-order chi connectivity index (χ1) is 11.6. The molecule has 24 heavy (non-hydrogen) atoms. The Morgan fingerprint density at radius 1 is 1.12 bits per heavy atom. The normalized spacial score (nSPS) is 10.5. The van der Waals surface area contributed by atoms with Crippen molar-refractivity contribution < 1.29 is 13.9 Å². The lowest BCUT2D eigenvalue weighted by atomic mass is 10.2. The molecule has 2 aromatic carbocycles. The van der Waals surface area contributed by atoms with Crippen LogP contribution in [0.5, 0.6) is 5.75 Å². The number of carbonyl (C=O) groups excluding carboxylic acids is 1. The highest BCUT2D eigenvalue weighted by atomic mass is 35.5. The molecule has 0 aliphatic carbocycles. The van der Waals surface area contributed by atoms with Crippen LogP contribution in [0.3, 0.4) is 0 Å². The fourth-order valence-electron chi connectivity index (χ4n) is 2.18. The molecule has 0 radical (unpaired) electrons. The summed E-state index contributed by atoms with van der Waals surface area (Å²) >= 11 is 5.79. The zero-order valence-electron chi connectivity index (χ0n) is 12.6. The number of nitrogens with one attached hydrogen (secondary N) is 1. The summed E-state index contributed by atoms with van der Waals surface area (Å²) in [5, 5.41) is 3.95. The van der Waals surface area contributed by atoms with Gasteiger partial charge in [-0.1, -0.05) is 29.8 Å². The van der Waals surface area contributed by atoms with Crippen molar-refractivity contribution in [3.05, 3.63) is 75.6 Å². The van der Waals surface area contributed by atoms with Crippen LogP contribution in [0.2, 0.25) is 5.02 Å². The van der Waals surface area contributed by atoms with E-state index < -0.39 is 11.5 Å². The summed E-state index contributed by atoms with van der Waals surface area (Å²) in [6.45, 7) is 0.528. The van der Waals surface area contributed by atoms with Gasteiger partial charge in [-0.15, -0.1) is 0 Å². The van der Waals surface area contributed by atoms with E-state index in [4.69, 9.17) is 20.8 Å². The molecule has 0 unspecified atom stereocenters. The van der Waals surface area contributed by atoms with Crippen LogP contribution in [0, 0.1) is 0 Å². The van der Waals surface area contributed by atoms with Crippen LogP contribution in [0.15, 0.2) is 63.8 Å². The van der Waals surface area contributed by atoms with Gasteiger partial charge in [0.1, 0.15) is 23.5 Å². The first-order valence-corrected chi connectivity index (χ1v) is 7.71. The number of benzene rings is 2. The molecular weight excluding hydrogens is 330 g/mol. The van der Waals surface area contributed by atoms with Crippen molar-refractivity contribution in [2.45, 2.75) is 0 Å². The number of para-hydroxylation sites is 1. The molecule has 0 spiro atoms. The lowest BCUT2D eigenvalue weighted by molar-refractivity contribution is 0.0943. The van der Waals surface area contributed by atoms with Gasteiger partial charge in [-0.05, 0) is 36.4 Å². The Kier molecular flexibility index (Phi) is 4.82. The van der Waals surface area contributed by atoms with Crippen molar-refractivity contribution in [2.24, 2.45) is 0 Å². The van der Waals surface area contributed by atoms with E-state index in [0.717, 1.165) is 0 Å². The van der Waals surface area contributed by atoms with Crippen molar-refractivity contribution in [3.63, 3.8) is 0 Å². The molecule has 0 saturated carbocycles. The summed E-state index contributed by atoms with van der Waals surface area (Å²) in [5.41, 5.74) is -0.241. The van der Waals surface area contributed by atoms with Gasteiger partial charge in [0.25, 0.3) is 5.91 Å². The van der Waals surface area contributed by atoms with Crippen LogP contribution in [0.4, 0.5) is 0 Å². The number of ether oxygens (including phenoxy) is 1. The predicted octanol–water partition coefficient (Wildman–Crippen LogP) is 3.26. The van der Waals surface area contributed by atoms with Crippen molar-refractivity contribution in [1.29, 1.82) is 0 Å². The first kappa shape index (κ1) is 16.1. The van der Waals surface area contributed by atoms with Crippen molar-refractivity contribution >= 4 is 28.5 Å². The van der Waals surface area contributed by atoms with E-state index in [-0.39, 0.29) is 18.7 Å². The van der Waals surface area contributed by atoms with Gasteiger partial charge in [0, 0.05) is 10.4 Å². The van der Waals surface area contributed by atoms with E-state index in [9.17, 15) is 9.59 Å². The second-order valence-electron chi connectivity index (χ2n) is 5.04. The summed E-state index contributed by atoms with van der Waals surface area (Å²) in [4.78, 5) is 24.0. The minimum absolute atomic E-state index is 0.0276. The van der Waals surface area contributed by atoms with E-state index in [1.807, 2.05) is 6.07 Å². The van der Waals surface area contributed by atoms with Crippen LogP contribution in [-0.4, -0.2) is 19.1 Å². The molecule has 122 valence electrons. The maximum Gasteiger partial charge on any atom is 0.349 e. The summed E-state index contributed by atoms with van der Waals surface area (Å²) in [6.07, 6.45) is 0. The average molecular weight is 344 g/mol. The van der Waals surface area contributed by atoms with Gasteiger partial charge in [0.05, 0.1) is 6.54 Å². The maximum atomic E-state index is 12.1. The topological polar surface area (TPSA) is 68.5 Å². The van der Waals surface area contributed by atoms with E-state index in [2.05, 4.69) is 5.32 Å². The Bertz CT molecular complexity index is 918. The van der Waals surface area contributed by atoms with Gasteiger partial charge in [-0.2, -0.15) is 0 Å². The van der Waals surface area contributed by atoms with Gasteiger partial charge < -0.3 is 14.5 Å². The Hall–Kier alpha value is -2.79. The molecule has 0 aliphatic heterocycles. The van der Waals surface area contributed by atoms with Gasteiger partial charge in [-0.25, -0.2) is 4.79 Å². The number of amides is 1. The first-order valence-electron chi connectivity index (χ1n) is 7.33. The van der Waals surface area contributed by atoms with Crippen LogP contribution in [0.25, 0.3) is 11.0 Å². The Labute approximate surface area is 142 Å². The maximum absolute atomic E-state index is 12.1. The van der Waals surface area contributed by atoms with E-state index in [0.29, 0.717) is 21.7 Å². The molecule has 0 fully saturated rings. The molecule has 6 heteroatoms. The predicted molar refractivity (Wildman–Crippen MR) is 91.8 cm³/mol. The molecule has 1 heterocycles. The number of fused-ring (bicyclic) bond motifs is 1. The highest BCUT2D eigenvalue weighted by molar-refractivity contribution is 6.30. The standard InChI is InChI=1S/C18H14ClNO4/c19-13-5-7-14(8-6-13)23-10-9-20-17(21)15-11-12-3-1-2-4-16(12)24-18(15)22/h1-8,11H,9-10H2,(H,20,21). The molecule has 0 bridgehead atoms. The quantitative estimate of drug-likeness (QED) is 0.570. The zero-order chi connectivity index (χ0) is 16.9. The van der Waals surface area contributed by atoms with Gasteiger partial charge in [0.2, 0.25) is 0 Å². The molecule has 0 atom stereocenters. The highest BCUT2D eigenvalue weighted by Gasteiger charge is 2.13. The SMILES string of the molecule is O=C(NCCOc1ccc(Cl)cc1)c1cc2ccccc2oc1=O. The third-order valence-electron chi connectivity index (χ3n) is 3.36. The second-order valence-corrected chi connectivity index (χ2v) is 5.48. The number of carbonyl (C=O) groups is 1. The monoisotopic (exact) mass is 343 g/mol. The van der Waals surface area contributed by atoms with Crippen LogP contribution < -0.4 is 15.7 Å². The molecule has 0 saturated heterocycles. The highest BCUT2D eigenvalue weighted by Crippen LogP contribution is 2.15. The van der Waals surface area contributed by atoms with Crippen LogP contribution in [-0.2, 0) is 0 Å². The number of hydrogen-bond donors (Lipinski definition) is 1. The Balaban J connectivity index is 1.60. The molecular formula is C18H14ClNO4. The number of halogens is 1. The van der Waals surface area contributed by atoms with Crippen LogP contribution >= 0.6 is 11.6 Å². The molecule has 1 N–H and O–H groups in total. The lowest BCUT2D eigenvalue weighted by Gasteiger charge is -2.07. The lowest BCUT2D eigenvalue weighted by Crippen LogP contribution is -2.31. The van der Waals surface area contributed by atoms with E-state index in [1.165, 1.54) is 6.07 Å². The summed E-state index contributed by atoms with van der Waals surface area (Å²) in [6, 6.07) is 15.5. The molecule has 0 aliphatic rings. The van der Waals surface area contributed by atoms with Crippen LogP contribution in [0.1, 0.15) is 10.4 Å². The summed E-state index contributed by atoms with van der Waals surface area (Å²) in [5.74, 6) is 0.160. The Morgan fingerprint density at radius 3 is 2.67 bits per heavy atom. The van der Waals surface area contributed by atoms with Crippen molar-refractivity contribution in [3.8, 4) is 5.75 Å². The summed E-state index contributed by atoms with van der Waals surface area (Å²) in [7, 11) is 0. The fourth-order valence-corrected chi connectivity index (χ4v) is 2.31. The van der Waals surface area contributed by atoms with Gasteiger partial charge >= 0.3 is 5.63 Å². The minimum atomic E-state index is -0.662. The number of hydrogen-bond acceptors (Lipinski definition) is 4. The largest absolute Gasteiger partial charge is 0.492 e. The van der Waals surface area contributed by atoms with Gasteiger partial charge in [-0.3, -0.25) is 4.79 Å². The average Bonchev–Trinajstić information content (AvgIpc) is 2.59. The second kappa shape index (κ2) is 7.19. The minimum Gasteiger partial charge on any atom is -0.492 e. The molecule has 1 amide bonds. The van der Waals surface area contributed by atoms with Crippen molar-refractivity contribution in [2.75, 3.05) is 13.2 Å².